The van der Waals surface area contributed by atoms with Crippen LogP contribution in [0.1, 0.15) is 70.3 Å². The zero-order valence-corrected chi connectivity index (χ0v) is 25.1. The van der Waals surface area contributed by atoms with Crippen molar-refractivity contribution in [1.29, 1.82) is 5.26 Å². The first kappa shape index (κ1) is 21.3. The highest BCUT2D eigenvalue weighted by Crippen LogP contribution is 2.37. The number of nitrogens with zero attached hydrogens (tertiary/aromatic N) is 5. The van der Waals surface area contributed by atoms with E-state index in [2.05, 4.69) is 15.1 Å². The number of anilines is 3. The van der Waals surface area contributed by atoms with Crippen molar-refractivity contribution < 1.29 is 39.6 Å². The number of aromatic nitrogens is 1. The second-order valence-corrected chi connectivity index (χ2v) is 10.4. The number of nitriles is 1. The minimum absolute atomic E-state index is 0.0194. The van der Waals surface area contributed by atoms with Crippen LogP contribution in [0.5, 0.6) is 0 Å². The third-order valence-electron chi connectivity index (χ3n) is 6.26. The Morgan fingerprint density at radius 1 is 1.07 bits per heavy atom. The largest absolute Gasteiger partial charge is 0.368 e. The summed E-state index contributed by atoms with van der Waals surface area (Å²) in [7, 11) is 0. The first-order valence-corrected chi connectivity index (χ1v) is 13.2. The monoisotopic (exact) mass is 658 g/mol. The molecule has 3 aromatic rings. The molecule has 2 aromatic carbocycles. The molecular weight excluding hydrogens is 614 g/mol. The van der Waals surface area contributed by atoms with Gasteiger partial charge in [0, 0.05) is 41.8 Å². The van der Waals surface area contributed by atoms with E-state index in [4.69, 9.17) is 40.5 Å². The number of carbonyl (C=O) groups excluding carboxylic acids is 3. The Morgan fingerprint density at radius 3 is 2.17 bits per heavy atom. The molecule has 2 heterocycles. The lowest BCUT2D eigenvalue weighted by Gasteiger charge is -2.29. The van der Waals surface area contributed by atoms with Crippen LogP contribution in [-0.4, -0.2) is 52.8 Å². The Hall–Kier alpha value is -5.47. The van der Waals surface area contributed by atoms with E-state index in [9.17, 15) is 18.8 Å². The number of amides is 3. The summed E-state index contributed by atoms with van der Waals surface area (Å²) < 4.78 is 119. The quantitative estimate of drug-likeness (QED) is 0.241. The first-order chi connectivity index (χ1) is 26.3. The maximum absolute atomic E-state index is 15.0. The molecule has 46 heavy (non-hydrogen) atoms. The minimum Gasteiger partial charge on any atom is -0.368 e. The maximum atomic E-state index is 15.0. The van der Waals surface area contributed by atoms with E-state index in [1.807, 2.05) is 6.07 Å². The van der Waals surface area contributed by atoms with Gasteiger partial charge in [0.25, 0.3) is 23.5 Å². The molecule has 0 spiro atoms. The predicted octanol–water partition coefficient (Wildman–Crippen LogP) is 5.26. The van der Waals surface area contributed by atoms with Crippen molar-refractivity contribution in [3.05, 3.63) is 88.4 Å². The van der Waals surface area contributed by atoms with Crippen LogP contribution in [0.15, 0.2) is 48.7 Å². The van der Waals surface area contributed by atoms with E-state index < -0.39 is 84.5 Å². The fourth-order valence-electron chi connectivity index (χ4n) is 4.04. The van der Waals surface area contributed by atoms with Crippen molar-refractivity contribution in [3.8, 4) is 6.07 Å². The third-order valence-corrected chi connectivity index (χ3v) is 6.63. The highest BCUT2D eigenvalue weighted by Gasteiger charge is 2.50. The molecule has 0 bridgehead atoms. The average Bonchev–Trinajstić information content (AvgIpc) is 3.30. The third kappa shape index (κ3) is 7.08. The van der Waals surface area contributed by atoms with E-state index in [0.717, 1.165) is 30.5 Å². The lowest BCUT2D eigenvalue weighted by molar-refractivity contribution is -0.120. The summed E-state index contributed by atoms with van der Waals surface area (Å²) in [5, 5.41) is 14.3. The molecule has 14 heteroatoms. The Kier molecular flexibility index (Phi) is 6.33. The molecular formula is C32H32F2N8O3S. The molecule has 4 rings (SSSR count). The van der Waals surface area contributed by atoms with Crippen molar-refractivity contribution >= 4 is 57.9 Å². The number of hydrogen-bond donors (Lipinski definition) is 3. The number of aryl methyl sites for hydroxylation is 1. The fraction of sp³-hybridized carbons (Fsp3) is 0.281. The minimum atomic E-state index is -3.55. The van der Waals surface area contributed by atoms with Crippen LogP contribution >= 0.6 is 12.2 Å². The van der Waals surface area contributed by atoms with Gasteiger partial charge in [-0.1, -0.05) is 6.57 Å². The zero-order chi connectivity index (χ0) is 44.6. The Bertz CT molecular complexity index is 2220. The van der Waals surface area contributed by atoms with E-state index in [-0.39, 0.29) is 22.6 Å². The van der Waals surface area contributed by atoms with Crippen LogP contribution < -0.4 is 25.8 Å². The van der Waals surface area contributed by atoms with Crippen LogP contribution in [-0.2, 0) is 4.79 Å². The maximum Gasteiger partial charge on any atom is 0.272 e. The molecule has 11 nitrogen and oxygen atoms in total. The number of thiocarbonyl (C=S) groups is 1. The molecule has 1 aromatic heterocycles. The topological polar surface area (TPSA) is 135 Å². The van der Waals surface area contributed by atoms with Crippen LogP contribution in [0.2, 0.25) is 0 Å². The van der Waals surface area contributed by atoms with E-state index in [1.54, 1.807) is 24.5 Å². The predicted molar refractivity (Wildman–Crippen MR) is 175 cm³/mol. The van der Waals surface area contributed by atoms with Crippen molar-refractivity contribution in [1.82, 2.24) is 15.6 Å². The van der Waals surface area contributed by atoms with Gasteiger partial charge < -0.3 is 25.7 Å². The lowest BCUT2D eigenvalue weighted by atomic mass is 10.0. The fourth-order valence-corrected chi connectivity index (χ4v) is 4.47. The summed E-state index contributed by atoms with van der Waals surface area (Å²) >= 11 is 5.36. The molecule has 3 amide bonds. The van der Waals surface area contributed by atoms with Crippen LogP contribution in [0.4, 0.5) is 31.7 Å². The van der Waals surface area contributed by atoms with Crippen molar-refractivity contribution in [2.75, 3.05) is 29.1 Å². The Labute approximate surface area is 287 Å². The summed E-state index contributed by atoms with van der Waals surface area (Å²) in [5.41, 5.74) is -5.34. The van der Waals surface area contributed by atoms with Gasteiger partial charge in [0.1, 0.15) is 28.9 Å². The van der Waals surface area contributed by atoms with E-state index >= 15 is 4.39 Å². The first-order valence-electron chi connectivity index (χ1n) is 18.8. The number of rotatable bonds is 6. The van der Waals surface area contributed by atoms with Gasteiger partial charge in [0.15, 0.2) is 5.11 Å². The van der Waals surface area contributed by atoms with Crippen LogP contribution in [0.3, 0.4) is 0 Å². The summed E-state index contributed by atoms with van der Waals surface area (Å²) in [4.78, 5) is 45.7. The summed E-state index contributed by atoms with van der Waals surface area (Å²) in [6, 6.07) is 9.21. The average molecular weight is 659 g/mol. The van der Waals surface area contributed by atoms with E-state index in [0.29, 0.717) is 21.6 Å². The summed E-state index contributed by atoms with van der Waals surface area (Å²) in [6.45, 7) is -0.871. The summed E-state index contributed by atoms with van der Waals surface area (Å²) in [6.07, 6.45) is 1.04. The number of halogens is 2. The standard InChI is InChI=1S/C20H18FN5O2S.C12H14FN3O/c1-11-8-13(10-24-16(11)22-4)25-18(28)20(2,3)26(19(25)29)12-6-7-14(15(21)9-12)17(27)23-5;1-12(2,7-14)16-8-4-5-9(10(13)6-8)11(17)15-3/h6-10H,1-3,5H3,(H,23,27);4-6,16H,1-3H3,(H,15,17)/i2D3,3D3,5D3;3D3. The van der Waals surface area contributed by atoms with Gasteiger partial charge in [-0.25, -0.2) is 8.78 Å². The van der Waals surface area contributed by atoms with Gasteiger partial charge in [-0.3, -0.25) is 19.3 Å². The second-order valence-electron chi connectivity index (χ2n) is 10.0. The van der Waals surface area contributed by atoms with Gasteiger partial charge >= 0.3 is 0 Å². The second kappa shape index (κ2) is 13.7. The SMILES string of the molecule is [2H]C([2H])([2H])NC(=O)c1ccc(N2C(=S)N(c3cnc([N+]#[C-])c(C)c3)C(=O)C2(C([2H])([2H])[2H])C([2H])([2H])[2H])cc1F.[2H]C([2H])([2H])NC(=O)c1ccc(NC(C)(C)C#N)cc1F. The zero-order valence-electron chi connectivity index (χ0n) is 36.2. The molecule has 1 aliphatic rings. The summed E-state index contributed by atoms with van der Waals surface area (Å²) in [5.74, 6) is -6.02. The molecule has 0 unspecified atom stereocenters. The highest BCUT2D eigenvalue weighted by molar-refractivity contribution is 7.81. The number of nitrogens with one attached hydrogen (secondary N) is 3. The normalized spacial score (nSPS) is 18.6. The van der Waals surface area contributed by atoms with Gasteiger partial charge in [-0.05, 0) is 94.7 Å². The molecule has 0 atom stereocenters. The van der Waals surface area contributed by atoms with Gasteiger partial charge in [0.05, 0.1) is 22.9 Å². The number of hydrogen-bond acceptors (Lipinski definition) is 7. The number of benzene rings is 2. The molecule has 1 saturated heterocycles. The molecule has 1 aliphatic heterocycles. The molecule has 3 N–H and O–H groups in total. The molecule has 1 fully saturated rings. The Morgan fingerprint density at radius 2 is 1.67 bits per heavy atom. The lowest BCUT2D eigenvalue weighted by Crippen LogP contribution is -2.44. The van der Waals surface area contributed by atoms with E-state index in [1.165, 1.54) is 19.1 Å². The van der Waals surface area contributed by atoms with Crippen molar-refractivity contribution in [2.45, 2.75) is 45.6 Å². The van der Waals surface area contributed by atoms with Crippen LogP contribution in [0.25, 0.3) is 4.85 Å². The molecule has 0 radical (unpaired) electrons. The Balaban J connectivity index is 0.000000379. The van der Waals surface area contributed by atoms with Gasteiger partial charge in [-0.2, -0.15) is 5.26 Å². The molecule has 238 valence electrons. The van der Waals surface area contributed by atoms with Crippen molar-refractivity contribution in [2.24, 2.45) is 0 Å². The number of carbonyl (C=O) groups is 3. The van der Waals surface area contributed by atoms with Crippen molar-refractivity contribution in [3.63, 3.8) is 0 Å². The van der Waals surface area contributed by atoms with Gasteiger partial charge in [0.2, 0.25) is 0 Å². The molecule has 0 saturated carbocycles. The highest BCUT2D eigenvalue weighted by atomic mass is 32.1. The number of pyridine rings is 1. The van der Waals surface area contributed by atoms with Gasteiger partial charge in [-0.15, -0.1) is 4.98 Å². The van der Waals surface area contributed by atoms with Crippen LogP contribution in [0, 0.1) is 36.5 Å². The smallest absolute Gasteiger partial charge is 0.272 e. The molecule has 0 aliphatic carbocycles.